The second-order valence-electron chi connectivity index (χ2n) is 4.68. The number of rotatable bonds is 4. The highest BCUT2D eigenvalue weighted by Gasteiger charge is 2.34. The van der Waals surface area contributed by atoms with Crippen LogP contribution in [0.25, 0.3) is 6.08 Å². The number of carbonyl (C=O) groups excluding carboxylic acids is 1. The molecule has 1 amide bonds. The molecule has 96 valence electrons. The Hall–Kier alpha value is -1.13. The molecule has 1 saturated carbocycles. The number of benzene rings is 1. The van der Waals surface area contributed by atoms with E-state index in [0.717, 1.165) is 29.3 Å². The average molecular weight is 310 g/mol. The molecule has 0 aromatic heterocycles. The predicted octanol–water partition coefficient (Wildman–Crippen LogP) is 2.49. The van der Waals surface area contributed by atoms with Gasteiger partial charge in [-0.05, 0) is 43.0 Å². The van der Waals surface area contributed by atoms with Crippen molar-refractivity contribution < 1.29 is 9.90 Å². The van der Waals surface area contributed by atoms with Crippen LogP contribution >= 0.6 is 15.9 Å². The largest absolute Gasteiger partial charge is 0.388 e. The fraction of sp³-hybridized carbons (Fsp3) is 0.357. The molecule has 2 rings (SSSR count). The summed E-state index contributed by atoms with van der Waals surface area (Å²) >= 11 is 3.38. The monoisotopic (exact) mass is 309 g/mol. The topological polar surface area (TPSA) is 49.3 Å². The van der Waals surface area contributed by atoms with Gasteiger partial charge in [-0.15, -0.1) is 0 Å². The molecule has 0 bridgehead atoms. The number of hydrogen-bond acceptors (Lipinski definition) is 2. The van der Waals surface area contributed by atoms with Gasteiger partial charge in [0.15, 0.2) is 0 Å². The SMILES string of the molecule is O=C(/C=C/c1cccc(Br)c1)NCC1(O)CCC1. The molecule has 0 heterocycles. The van der Waals surface area contributed by atoms with Gasteiger partial charge in [-0.1, -0.05) is 28.1 Å². The maximum Gasteiger partial charge on any atom is 0.244 e. The summed E-state index contributed by atoms with van der Waals surface area (Å²) < 4.78 is 0.980. The minimum atomic E-state index is -0.667. The van der Waals surface area contributed by atoms with Crippen molar-refractivity contribution in [3.05, 3.63) is 40.4 Å². The molecule has 0 saturated heterocycles. The van der Waals surface area contributed by atoms with Gasteiger partial charge in [0.05, 0.1) is 5.60 Å². The lowest BCUT2D eigenvalue weighted by atomic mass is 9.80. The summed E-state index contributed by atoms with van der Waals surface area (Å²) in [6.07, 6.45) is 5.85. The van der Waals surface area contributed by atoms with Crippen molar-refractivity contribution in [1.29, 1.82) is 0 Å². The first kappa shape index (κ1) is 13.3. The zero-order chi connectivity index (χ0) is 13.0. The van der Waals surface area contributed by atoms with E-state index < -0.39 is 5.60 Å². The smallest absolute Gasteiger partial charge is 0.244 e. The Labute approximate surface area is 115 Å². The minimum absolute atomic E-state index is 0.171. The highest BCUT2D eigenvalue weighted by molar-refractivity contribution is 9.10. The summed E-state index contributed by atoms with van der Waals surface area (Å²) in [6.45, 7) is 0.342. The first-order valence-electron chi connectivity index (χ1n) is 6.01. The fourth-order valence-corrected chi connectivity index (χ4v) is 2.27. The molecule has 1 aromatic rings. The van der Waals surface area contributed by atoms with Crippen molar-refractivity contribution in [2.75, 3.05) is 6.54 Å². The van der Waals surface area contributed by atoms with Gasteiger partial charge in [0.1, 0.15) is 0 Å². The van der Waals surface area contributed by atoms with E-state index in [1.54, 1.807) is 6.08 Å². The Balaban J connectivity index is 1.83. The van der Waals surface area contributed by atoms with Crippen LogP contribution in [0.2, 0.25) is 0 Å². The summed E-state index contributed by atoms with van der Waals surface area (Å²) in [5.74, 6) is -0.171. The third kappa shape index (κ3) is 3.68. The van der Waals surface area contributed by atoms with Crippen molar-refractivity contribution in [3.8, 4) is 0 Å². The normalized spacial score (nSPS) is 17.4. The summed E-state index contributed by atoms with van der Waals surface area (Å²) in [5, 5.41) is 12.6. The lowest BCUT2D eigenvalue weighted by molar-refractivity contribution is -0.118. The zero-order valence-corrected chi connectivity index (χ0v) is 11.6. The van der Waals surface area contributed by atoms with Crippen molar-refractivity contribution >= 4 is 27.9 Å². The molecule has 0 atom stereocenters. The number of amides is 1. The van der Waals surface area contributed by atoms with Gasteiger partial charge in [-0.2, -0.15) is 0 Å². The van der Waals surface area contributed by atoms with Crippen molar-refractivity contribution in [2.45, 2.75) is 24.9 Å². The van der Waals surface area contributed by atoms with Crippen LogP contribution in [0.3, 0.4) is 0 Å². The van der Waals surface area contributed by atoms with E-state index >= 15 is 0 Å². The van der Waals surface area contributed by atoms with Crippen LogP contribution in [0.5, 0.6) is 0 Å². The van der Waals surface area contributed by atoms with E-state index in [1.165, 1.54) is 6.08 Å². The highest BCUT2D eigenvalue weighted by Crippen LogP contribution is 2.30. The van der Waals surface area contributed by atoms with Crippen LogP contribution in [0.4, 0.5) is 0 Å². The standard InChI is InChI=1S/C14H16BrNO2/c15-12-4-1-3-11(9-12)5-6-13(17)16-10-14(18)7-2-8-14/h1,3-6,9,18H,2,7-8,10H2,(H,16,17)/b6-5+. The summed E-state index contributed by atoms with van der Waals surface area (Å²) in [5.41, 5.74) is 0.293. The second-order valence-corrected chi connectivity index (χ2v) is 5.60. The van der Waals surface area contributed by atoms with Crippen LogP contribution in [0.1, 0.15) is 24.8 Å². The Bertz CT molecular complexity index is 467. The molecular formula is C14H16BrNO2. The lowest BCUT2D eigenvalue weighted by Crippen LogP contribution is -2.47. The molecular weight excluding hydrogens is 294 g/mol. The van der Waals surface area contributed by atoms with Crippen molar-refractivity contribution in [3.63, 3.8) is 0 Å². The van der Waals surface area contributed by atoms with Crippen LogP contribution in [0, 0.1) is 0 Å². The minimum Gasteiger partial charge on any atom is -0.388 e. The Kier molecular flexibility index (Phi) is 4.19. The molecule has 1 aliphatic rings. The van der Waals surface area contributed by atoms with Gasteiger partial charge < -0.3 is 10.4 Å². The van der Waals surface area contributed by atoms with Gasteiger partial charge >= 0.3 is 0 Å². The number of nitrogens with one attached hydrogen (secondary N) is 1. The maximum atomic E-state index is 11.6. The second kappa shape index (κ2) is 5.67. The van der Waals surface area contributed by atoms with Crippen molar-refractivity contribution in [2.24, 2.45) is 0 Å². The van der Waals surface area contributed by atoms with Crippen LogP contribution in [-0.2, 0) is 4.79 Å². The van der Waals surface area contributed by atoms with Crippen LogP contribution < -0.4 is 5.32 Å². The molecule has 0 aliphatic heterocycles. The molecule has 0 unspecified atom stereocenters. The Morgan fingerprint density at radius 3 is 2.89 bits per heavy atom. The molecule has 4 heteroatoms. The Morgan fingerprint density at radius 1 is 1.50 bits per heavy atom. The molecule has 18 heavy (non-hydrogen) atoms. The summed E-state index contributed by atoms with van der Waals surface area (Å²) in [4.78, 5) is 11.6. The summed E-state index contributed by atoms with van der Waals surface area (Å²) in [7, 11) is 0. The Morgan fingerprint density at radius 2 is 2.28 bits per heavy atom. The average Bonchev–Trinajstić information content (AvgIpc) is 2.31. The maximum absolute atomic E-state index is 11.6. The van der Waals surface area contributed by atoms with Gasteiger partial charge in [0.25, 0.3) is 0 Å². The van der Waals surface area contributed by atoms with Crippen molar-refractivity contribution in [1.82, 2.24) is 5.32 Å². The number of halogens is 1. The first-order valence-corrected chi connectivity index (χ1v) is 6.81. The molecule has 1 aliphatic carbocycles. The van der Waals surface area contributed by atoms with Crippen LogP contribution in [0.15, 0.2) is 34.8 Å². The lowest BCUT2D eigenvalue weighted by Gasteiger charge is -2.36. The van der Waals surface area contributed by atoms with Crippen LogP contribution in [-0.4, -0.2) is 23.2 Å². The highest BCUT2D eigenvalue weighted by atomic mass is 79.9. The van der Waals surface area contributed by atoms with Gasteiger partial charge in [0.2, 0.25) is 5.91 Å². The quantitative estimate of drug-likeness (QED) is 0.840. The zero-order valence-electron chi connectivity index (χ0n) is 10.0. The molecule has 1 aromatic carbocycles. The van der Waals surface area contributed by atoms with E-state index in [9.17, 15) is 9.90 Å². The molecule has 1 fully saturated rings. The number of hydrogen-bond donors (Lipinski definition) is 2. The first-order chi connectivity index (χ1) is 8.57. The van der Waals surface area contributed by atoms with E-state index in [2.05, 4.69) is 21.2 Å². The molecule has 0 radical (unpaired) electrons. The predicted molar refractivity (Wildman–Crippen MR) is 75.0 cm³/mol. The molecule has 3 nitrogen and oxygen atoms in total. The number of carbonyl (C=O) groups is 1. The van der Waals surface area contributed by atoms with E-state index in [-0.39, 0.29) is 5.91 Å². The molecule has 2 N–H and O–H groups in total. The van der Waals surface area contributed by atoms with Gasteiger partial charge in [-0.3, -0.25) is 4.79 Å². The summed E-state index contributed by atoms with van der Waals surface area (Å²) in [6, 6.07) is 7.71. The van der Waals surface area contributed by atoms with E-state index in [4.69, 9.17) is 0 Å². The van der Waals surface area contributed by atoms with Gasteiger partial charge in [-0.25, -0.2) is 0 Å². The van der Waals surface area contributed by atoms with Gasteiger partial charge in [0, 0.05) is 17.1 Å². The van der Waals surface area contributed by atoms with E-state index in [1.807, 2.05) is 24.3 Å². The third-order valence-corrected chi connectivity index (χ3v) is 3.65. The fourth-order valence-electron chi connectivity index (χ4n) is 1.85. The van der Waals surface area contributed by atoms with E-state index in [0.29, 0.717) is 6.54 Å². The number of aliphatic hydroxyl groups is 1. The third-order valence-electron chi connectivity index (χ3n) is 3.15. The molecule has 0 spiro atoms.